The summed E-state index contributed by atoms with van der Waals surface area (Å²) in [7, 11) is -1.74. The zero-order valence-electron chi connectivity index (χ0n) is 14.2. The molecule has 0 aliphatic carbocycles. The summed E-state index contributed by atoms with van der Waals surface area (Å²) in [5.41, 5.74) is 0.493. The number of nitrogens with one attached hydrogen (secondary N) is 1. The van der Waals surface area contributed by atoms with Crippen LogP contribution in [0.4, 0.5) is 5.69 Å². The molecule has 1 aromatic carbocycles. The van der Waals surface area contributed by atoms with Gasteiger partial charge in [-0.1, -0.05) is 12.1 Å². The molecule has 1 heterocycles. The predicted molar refractivity (Wildman–Crippen MR) is 91.7 cm³/mol. The Hall–Kier alpha value is -2.13. The number of esters is 1. The number of rotatable bonds is 6. The van der Waals surface area contributed by atoms with E-state index in [1.807, 2.05) is 0 Å². The number of hydrogen-bond donors (Lipinski definition) is 1. The van der Waals surface area contributed by atoms with E-state index in [-0.39, 0.29) is 13.1 Å². The van der Waals surface area contributed by atoms with Gasteiger partial charge in [-0.05, 0) is 25.0 Å². The number of nitrogens with zero attached hydrogens (tertiary/aromatic N) is 1. The van der Waals surface area contributed by atoms with Crippen molar-refractivity contribution in [3.8, 4) is 5.75 Å². The molecule has 1 aliphatic rings. The highest BCUT2D eigenvalue weighted by Crippen LogP contribution is 2.23. The highest BCUT2D eigenvalue weighted by Gasteiger charge is 2.30. The molecular weight excluding hydrogens is 348 g/mol. The molecule has 1 amide bonds. The first-order valence-electron chi connectivity index (χ1n) is 7.86. The van der Waals surface area contributed by atoms with Crippen LogP contribution >= 0.6 is 0 Å². The molecule has 0 bridgehead atoms. The Morgan fingerprint density at radius 3 is 2.48 bits per heavy atom. The van der Waals surface area contributed by atoms with Crippen LogP contribution in [0, 0.1) is 5.92 Å². The maximum Gasteiger partial charge on any atom is 0.309 e. The fourth-order valence-corrected chi connectivity index (χ4v) is 3.49. The minimum atomic E-state index is -3.24. The molecule has 0 unspecified atom stereocenters. The van der Waals surface area contributed by atoms with Crippen LogP contribution in [0.2, 0.25) is 0 Å². The number of carbonyl (C=O) groups excluding carboxylic acids is 2. The standard InChI is InChI=1S/C16H22N2O6S/c1-23-14-6-4-3-5-13(14)17-15(19)11-24-16(20)12-7-9-18(10-8-12)25(2,21)22/h3-6,12H,7-11H2,1-2H3,(H,17,19). The van der Waals surface area contributed by atoms with Crippen molar-refractivity contribution in [3.05, 3.63) is 24.3 Å². The van der Waals surface area contributed by atoms with Crippen LogP contribution < -0.4 is 10.1 Å². The molecule has 8 nitrogen and oxygen atoms in total. The van der Waals surface area contributed by atoms with E-state index in [0.717, 1.165) is 6.26 Å². The molecule has 0 aromatic heterocycles. The lowest BCUT2D eigenvalue weighted by Gasteiger charge is -2.28. The first-order chi connectivity index (χ1) is 11.8. The van der Waals surface area contributed by atoms with Gasteiger partial charge in [0, 0.05) is 13.1 Å². The van der Waals surface area contributed by atoms with Gasteiger partial charge in [0.05, 0.1) is 25.0 Å². The van der Waals surface area contributed by atoms with Crippen LogP contribution in [0.15, 0.2) is 24.3 Å². The molecule has 1 saturated heterocycles. The number of para-hydroxylation sites is 2. The Morgan fingerprint density at radius 1 is 1.24 bits per heavy atom. The van der Waals surface area contributed by atoms with Crippen LogP contribution in [-0.2, 0) is 24.3 Å². The summed E-state index contributed by atoms with van der Waals surface area (Å²) in [6.45, 7) is 0.168. The zero-order valence-corrected chi connectivity index (χ0v) is 15.0. The fourth-order valence-electron chi connectivity index (χ4n) is 2.61. The largest absolute Gasteiger partial charge is 0.495 e. The van der Waals surface area contributed by atoms with E-state index in [2.05, 4.69) is 5.32 Å². The highest BCUT2D eigenvalue weighted by atomic mass is 32.2. The van der Waals surface area contributed by atoms with Gasteiger partial charge in [-0.15, -0.1) is 0 Å². The van der Waals surface area contributed by atoms with E-state index in [4.69, 9.17) is 9.47 Å². The molecule has 0 atom stereocenters. The number of amides is 1. The second-order valence-corrected chi connectivity index (χ2v) is 7.77. The van der Waals surface area contributed by atoms with E-state index >= 15 is 0 Å². The van der Waals surface area contributed by atoms with Gasteiger partial charge < -0.3 is 14.8 Å². The topological polar surface area (TPSA) is 102 Å². The first kappa shape index (κ1) is 19.2. The Kier molecular flexibility index (Phi) is 6.38. The SMILES string of the molecule is COc1ccccc1NC(=O)COC(=O)C1CCN(S(C)(=O)=O)CC1. The van der Waals surface area contributed by atoms with Crippen molar-refractivity contribution in [1.82, 2.24) is 4.31 Å². The van der Waals surface area contributed by atoms with Crippen molar-refractivity contribution >= 4 is 27.6 Å². The number of benzene rings is 1. The molecule has 1 aromatic rings. The van der Waals surface area contributed by atoms with Crippen molar-refractivity contribution in [2.24, 2.45) is 5.92 Å². The number of ether oxygens (including phenoxy) is 2. The van der Waals surface area contributed by atoms with Gasteiger partial charge >= 0.3 is 5.97 Å². The van der Waals surface area contributed by atoms with Crippen molar-refractivity contribution in [2.45, 2.75) is 12.8 Å². The number of methoxy groups -OCH3 is 1. The Balaban J connectivity index is 1.79. The average Bonchev–Trinajstić information content (AvgIpc) is 2.59. The molecule has 0 saturated carbocycles. The normalized spacial score (nSPS) is 16.2. The Morgan fingerprint density at radius 2 is 1.88 bits per heavy atom. The van der Waals surface area contributed by atoms with Crippen LogP contribution in [0.1, 0.15) is 12.8 Å². The number of anilines is 1. The third-order valence-electron chi connectivity index (χ3n) is 3.98. The van der Waals surface area contributed by atoms with Gasteiger partial charge in [0.25, 0.3) is 5.91 Å². The van der Waals surface area contributed by atoms with Gasteiger partial charge in [0.15, 0.2) is 6.61 Å². The monoisotopic (exact) mass is 370 g/mol. The van der Waals surface area contributed by atoms with Gasteiger partial charge in [0.1, 0.15) is 5.75 Å². The molecule has 138 valence electrons. The summed E-state index contributed by atoms with van der Waals surface area (Å²) < 4.78 is 34.4. The summed E-state index contributed by atoms with van der Waals surface area (Å²) in [5, 5.41) is 2.62. The second-order valence-electron chi connectivity index (χ2n) is 5.79. The molecule has 2 rings (SSSR count). The molecule has 1 N–H and O–H groups in total. The maximum absolute atomic E-state index is 12.0. The second kappa shape index (κ2) is 8.30. The quantitative estimate of drug-likeness (QED) is 0.745. The smallest absolute Gasteiger partial charge is 0.309 e. The summed E-state index contributed by atoms with van der Waals surface area (Å²) in [6.07, 6.45) is 1.92. The lowest BCUT2D eigenvalue weighted by molar-refractivity contribution is -0.152. The molecule has 0 spiro atoms. The summed E-state index contributed by atoms with van der Waals surface area (Å²) >= 11 is 0. The van der Waals surface area contributed by atoms with Crippen molar-refractivity contribution in [2.75, 3.05) is 38.4 Å². The number of carbonyl (C=O) groups is 2. The maximum atomic E-state index is 12.0. The van der Waals surface area contributed by atoms with Gasteiger partial charge in [0.2, 0.25) is 10.0 Å². The summed E-state index contributed by atoms with van der Waals surface area (Å²) in [4.78, 5) is 24.0. The molecule has 25 heavy (non-hydrogen) atoms. The van der Waals surface area contributed by atoms with Crippen LogP contribution in [0.5, 0.6) is 5.75 Å². The van der Waals surface area contributed by atoms with Gasteiger partial charge in [-0.2, -0.15) is 0 Å². The van der Waals surface area contributed by atoms with Gasteiger partial charge in [-0.3, -0.25) is 9.59 Å². The molecule has 0 radical (unpaired) electrons. The van der Waals surface area contributed by atoms with E-state index in [0.29, 0.717) is 24.3 Å². The lowest BCUT2D eigenvalue weighted by atomic mass is 9.98. The third kappa shape index (κ3) is 5.43. The Bertz CT molecular complexity index is 726. The molecule has 1 aliphatic heterocycles. The van der Waals surface area contributed by atoms with Crippen LogP contribution in [-0.4, -0.2) is 57.7 Å². The van der Waals surface area contributed by atoms with Crippen LogP contribution in [0.3, 0.4) is 0 Å². The molecular formula is C16H22N2O6S. The van der Waals surface area contributed by atoms with E-state index < -0.39 is 34.4 Å². The Labute approximate surface area is 147 Å². The van der Waals surface area contributed by atoms with E-state index in [9.17, 15) is 18.0 Å². The zero-order chi connectivity index (χ0) is 18.4. The van der Waals surface area contributed by atoms with Crippen molar-refractivity contribution < 1.29 is 27.5 Å². The van der Waals surface area contributed by atoms with Crippen molar-refractivity contribution in [3.63, 3.8) is 0 Å². The first-order valence-corrected chi connectivity index (χ1v) is 9.70. The van der Waals surface area contributed by atoms with Crippen LogP contribution in [0.25, 0.3) is 0 Å². The number of piperidine rings is 1. The van der Waals surface area contributed by atoms with Gasteiger partial charge in [-0.25, -0.2) is 12.7 Å². The highest BCUT2D eigenvalue weighted by molar-refractivity contribution is 7.88. The third-order valence-corrected chi connectivity index (χ3v) is 5.29. The number of sulfonamides is 1. The molecule has 1 fully saturated rings. The number of hydrogen-bond acceptors (Lipinski definition) is 6. The fraction of sp³-hybridized carbons (Fsp3) is 0.500. The van der Waals surface area contributed by atoms with E-state index in [1.54, 1.807) is 24.3 Å². The minimum absolute atomic E-state index is 0.284. The van der Waals surface area contributed by atoms with E-state index in [1.165, 1.54) is 11.4 Å². The minimum Gasteiger partial charge on any atom is -0.495 e. The predicted octanol–water partition coefficient (Wildman–Crippen LogP) is 0.848. The average molecular weight is 370 g/mol. The summed E-state index contributed by atoms with van der Waals surface area (Å²) in [6, 6.07) is 6.91. The lowest BCUT2D eigenvalue weighted by Crippen LogP contribution is -2.40. The van der Waals surface area contributed by atoms with Crippen molar-refractivity contribution in [1.29, 1.82) is 0 Å². The summed E-state index contributed by atoms with van der Waals surface area (Å²) in [5.74, 6) is -0.831. The molecule has 9 heteroatoms.